The minimum atomic E-state index is -1.00. The maximum Gasteiger partial charge on any atom is 0.516 e. The third-order valence-electron chi connectivity index (χ3n) is 5.04. The average Bonchev–Trinajstić information content (AvgIpc) is 2.68. The number of carbonyl (C=O) groups excluding carboxylic acids is 2. The zero-order valence-electron chi connectivity index (χ0n) is 17.8. The lowest BCUT2D eigenvalue weighted by atomic mass is 9.75. The zero-order chi connectivity index (χ0) is 22.3. The molecule has 1 aliphatic carbocycles. The fraction of sp³-hybridized carbons (Fsp3) is 0.619. The SMILES string of the molecule is CCOC(C)OC(C)OC(=O)Oc1ccc(NC(=O)C2(C)CCCCC2)c(Cl)c1Cl. The van der Waals surface area contributed by atoms with E-state index in [1.807, 2.05) is 13.8 Å². The van der Waals surface area contributed by atoms with Gasteiger partial charge in [0, 0.05) is 12.0 Å². The lowest BCUT2D eigenvalue weighted by Gasteiger charge is -2.32. The van der Waals surface area contributed by atoms with Crippen LogP contribution < -0.4 is 10.1 Å². The van der Waals surface area contributed by atoms with E-state index in [0.29, 0.717) is 12.3 Å². The molecule has 1 N–H and O–H groups in total. The summed E-state index contributed by atoms with van der Waals surface area (Å²) in [6.07, 6.45) is 2.44. The molecular formula is C21H29Cl2NO6. The predicted molar refractivity (Wildman–Crippen MR) is 115 cm³/mol. The zero-order valence-corrected chi connectivity index (χ0v) is 19.3. The Morgan fingerprint density at radius 3 is 2.40 bits per heavy atom. The van der Waals surface area contributed by atoms with Crippen LogP contribution >= 0.6 is 23.2 Å². The molecule has 1 saturated carbocycles. The Labute approximate surface area is 187 Å². The van der Waals surface area contributed by atoms with E-state index in [9.17, 15) is 9.59 Å². The second-order valence-electron chi connectivity index (χ2n) is 7.51. The number of amides is 1. The summed E-state index contributed by atoms with van der Waals surface area (Å²) in [6, 6.07) is 2.99. The van der Waals surface area contributed by atoms with Crippen LogP contribution in [-0.2, 0) is 19.0 Å². The molecule has 1 aromatic rings. The lowest BCUT2D eigenvalue weighted by molar-refractivity contribution is -0.214. The fourth-order valence-electron chi connectivity index (χ4n) is 3.36. The molecule has 9 heteroatoms. The molecule has 2 atom stereocenters. The van der Waals surface area contributed by atoms with Gasteiger partial charge in [0.2, 0.25) is 12.2 Å². The molecule has 168 valence electrons. The number of anilines is 1. The third-order valence-corrected chi connectivity index (χ3v) is 5.91. The molecule has 1 aromatic carbocycles. The van der Waals surface area contributed by atoms with Crippen molar-refractivity contribution >= 4 is 41.0 Å². The molecule has 30 heavy (non-hydrogen) atoms. The van der Waals surface area contributed by atoms with Crippen molar-refractivity contribution in [2.24, 2.45) is 5.41 Å². The topological polar surface area (TPSA) is 83.1 Å². The van der Waals surface area contributed by atoms with Crippen molar-refractivity contribution in [3.8, 4) is 5.75 Å². The van der Waals surface area contributed by atoms with Crippen molar-refractivity contribution in [2.75, 3.05) is 11.9 Å². The molecule has 0 spiro atoms. The van der Waals surface area contributed by atoms with E-state index in [1.165, 1.54) is 19.1 Å². The second kappa shape index (κ2) is 11.2. The normalized spacial score (nSPS) is 17.7. The van der Waals surface area contributed by atoms with Gasteiger partial charge in [-0.1, -0.05) is 49.4 Å². The Bertz CT molecular complexity index is 751. The first kappa shape index (κ1) is 24.7. The van der Waals surface area contributed by atoms with Crippen LogP contribution in [0.15, 0.2) is 12.1 Å². The van der Waals surface area contributed by atoms with Crippen LogP contribution in [0.1, 0.15) is 59.8 Å². The molecule has 0 saturated heterocycles. The van der Waals surface area contributed by atoms with Crippen LogP contribution in [0.5, 0.6) is 5.75 Å². The summed E-state index contributed by atoms with van der Waals surface area (Å²) < 4.78 is 20.7. The van der Waals surface area contributed by atoms with Crippen LogP contribution in [0.2, 0.25) is 10.0 Å². The molecule has 0 heterocycles. The summed E-state index contributed by atoms with van der Waals surface area (Å²) >= 11 is 12.5. The van der Waals surface area contributed by atoms with Crippen LogP contribution in [0.25, 0.3) is 0 Å². The Morgan fingerprint density at radius 1 is 1.10 bits per heavy atom. The first-order chi connectivity index (χ1) is 14.2. The second-order valence-corrected chi connectivity index (χ2v) is 8.27. The summed E-state index contributed by atoms with van der Waals surface area (Å²) in [7, 11) is 0. The highest BCUT2D eigenvalue weighted by Gasteiger charge is 2.35. The van der Waals surface area contributed by atoms with E-state index in [0.717, 1.165) is 32.1 Å². The van der Waals surface area contributed by atoms with E-state index < -0.39 is 24.2 Å². The van der Waals surface area contributed by atoms with Crippen molar-refractivity contribution in [2.45, 2.75) is 72.4 Å². The van der Waals surface area contributed by atoms with Crippen LogP contribution in [0.3, 0.4) is 0 Å². The maximum absolute atomic E-state index is 12.7. The first-order valence-electron chi connectivity index (χ1n) is 10.1. The molecule has 1 amide bonds. The number of ether oxygens (including phenoxy) is 4. The smallest absolute Gasteiger partial charge is 0.404 e. The standard InChI is InChI=1S/C21H29Cl2NO6/c1-5-27-13(2)28-14(3)29-20(26)30-16-10-9-15(17(22)18(16)23)24-19(25)21(4)11-7-6-8-12-21/h9-10,13-14H,5-8,11-12H2,1-4H3,(H,24,25). The average molecular weight is 462 g/mol. The highest BCUT2D eigenvalue weighted by atomic mass is 35.5. The highest BCUT2D eigenvalue weighted by Crippen LogP contribution is 2.40. The first-order valence-corrected chi connectivity index (χ1v) is 10.9. The van der Waals surface area contributed by atoms with Crippen molar-refractivity contribution in [1.82, 2.24) is 0 Å². The number of benzene rings is 1. The van der Waals surface area contributed by atoms with E-state index in [1.54, 1.807) is 6.92 Å². The molecule has 2 unspecified atom stereocenters. The predicted octanol–water partition coefficient (Wildman–Crippen LogP) is 6.16. The summed E-state index contributed by atoms with van der Waals surface area (Å²) in [4.78, 5) is 24.7. The van der Waals surface area contributed by atoms with E-state index >= 15 is 0 Å². The maximum atomic E-state index is 12.7. The summed E-state index contributed by atoms with van der Waals surface area (Å²) in [5, 5.41) is 2.93. The number of halogens is 2. The molecule has 0 aliphatic heterocycles. The van der Waals surface area contributed by atoms with E-state index in [2.05, 4.69) is 5.32 Å². The Kier molecular flexibility index (Phi) is 9.22. The van der Waals surface area contributed by atoms with Crippen LogP contribution in [0.4, 0.5) is 10.5 Å². The monoisotopic (exact) mass is 461 g/mol. The van der Waals surface area contributed by atoms with Gasteiger partial charge in [0.05, 0.1) is 10.7 Å². The molecule has 1 aliphatic rings. The van der Waals surface area contributed by atoms with Gasteiger partial charge in [-0.15, -0.1) is 0 Å². The number of rotatable bonds is 8. The van der Waals surface area contributed by atoms with Gasteiger partial charge < -0.3 is 24.3 Å². The van der Waals surface area contributed by atoms with Crippen molar-refractivity contribution in [1.29, 1.82) is 0 Å². The third kappa shape index (κ3) is 6.74. The van der Waals surface area contributed by atoms with Gasteiger partial charge in [-0.25, -0.2) is 4.79 Å². The minimum Gasteiger partial charge on any atom is -0.404 e. The summed E-state index contributed by atoms with van der Waals surface area (Å²) in [6.45, 7) is 7.48. The molecule has 1 fully saturated rings. The van der Waals surface area contributed by atoms with Crippen molar-refractivity contribution in [3.05, 3.63) is 22.2 Å². The van der Waals surface area contributed by atoms with Crippen LogP contribution in [-0.4, -0.2) is 31.2 Å². The van der Waals surface area contributed by atoms with Gasteiger partial charge >= 0.3 is 6.16 Å². The van der Waals surface area contributed by atoms with E-state index in [4.69, 9.17) is 42.1 Å². The van der Waals surface area contributed by atoms with Crippen molar-refractivity contribution < 1.29 is 28.5 Å². The van der Waals surface area contributed by atoms with Gasteiger partial charge in [0.1, 0.15) is 5.02 Å². The van der Waals surface area contributed by atoms with Gasteiger partial charge in [0.15, 0.2) is 12.0 Å². The molecule has 0 bridgehead atoms. The Hall–Kier alpha value is -1.54. The molecule has 0 radical (unpaired) electrons. The van der Waals surface area contributed by atoms with Crippen molar-refractivity contribution in [3.63, 3.8) is 0 Å². The summed E-state index contributed by atoms with van der Waals surface area (Å²) in [5.41, 5.74) is -0.0663. The number of hydrogen-bond acceptors (Lipinski definition) is 6. The molecular weight excluding hydrogens is 433 g/mol. The number of carbonyl (C=O) groups is 2. The van der Waals surface area contributed by atoms with Gasteiger partial charge in [-0.2, -0.15) is 0 Å². The lowest BCUT2D eigenvalue weighted by Crippen LogP contribution is -2.35. The molecule has 0 aromatic heterocycles. The largest absolute Gasteiger partial charge is 0.516 e. The number of hydrogen-bond donors (Lipinski definition) is 1. The highest BCUT2D eigenvalue weighted by molar-refractivity contribution is 6.45. The fourth-order valence-corrected chi connectivity index (χ4v) is 3.77. The van der Waals surface area contributed by atoms with Gasteiger partial charge in [-0.3, -0.25) is 4.79 Å². The van der Waals surface area contributed by atoms with Crippen LogP contribution in [0, 0.1) is 5.41 Å². The number of nitrogens with one attached hydrogen (secondary N) is 1. The van der Waals surface area contributed by atoms with E-state index in [-0.39, 0.29) is 21.7 Å². The Balaban J connectivity index is 1.98. The summed E-state index contributed by atoms with van der Waals surface area (Å²) in [5.74, 6) is -0.0822. The van der Waals surface area contributed by atoms with Gasteiger partial charge in [-0.05, 0) is 45.7 Å². The quantitative estimate of drug-likeness (QED) is 0.283. The minimum absolute atomic E-state index is 0.00327. The Morgan fingerprint density at radius 2 is 1.77 bits per heavy atom. The molecule has 2 rings (SSSR count). The molecule has 7 nitrogen and oxygen atoms in total. The van der Waals surface area contributed by atoms with Gasteiger partial charge in [0.25, 0.3) is 0 Å².